The van der Waals surface area contributed by atoms with Crippen molar-refractivity contribution in [2.45, 2.75) is 43.4 Å². The Morgan fingerprint density at radius 2 is 2.06 bits per heavy atom. The summed E-state index contributed by atoms with van der Waals surface area (Å²) in [6, 6.07) is 2.20. The smallest absolute Gasteiger partial charge is 0.0843 e. The lowest BCUT2D eigenvalue weighted by Crippen LogP contribution is -2.38. The molecule has 1 aromatic rings. The zero-order valence-electron chi connectivity index (χ0n) is 10.6. The maximum absolute atomic E-state index is 3.65. The largest absolute Gasteiger partial charge is 0.310 e. The van der Waals surface area contributed by atoms with Gasteiger partial charge in [0.05, 0.1) is 3.79 Å². The minimum absolute atomic E-state index is 0.490. The predicted molar refractivity (Wildman–Crippen MR) is 90.8 cm³/mol. The molecule has 1 saturated carbocycles. The third-order valence-electron chi connectivity index (χ3n) is 3.64. The molecule has 102 valence electrons. The molecule has 0 bridgehead atoms. The van der Waals surface area contributed by atoms with E-state index < -0.39 is 0 Å². The van der Waals surface area contributed by atoms with E-state index in [2.05, 4.69) is 61.3 Å². The molecular formula is C13H19Br2NS2. The van der Waals surface area contributed by atoms with Gasteiger partial charge in [0, 0.05) is 27.2 Å². The minimum Gasteiger partial charge on any atom is -0.310 e. The molecule has 0 amide bonds. The van der Waals surface area contributed by atoms with E-state index in [0.29, 0.717) is 4.75 Å². The van der Waals surface area contributed by atoms with Crippen LogP contribution in [0.5, 0.6) is 0 Å². The molecule has 18 heavy (non-hydrogen) atoms. The summed E-state index contributed by atoms with van der Waals surface area (Å²) in [4.78, 5) is 1.39. The monoisotopic (exact) mass is 411 g/mol. The van der Waals surface area contributed by atoms with Gasteiger partial charge in [-0.1, -0.05) is 19.3 Å². The van der Waals surface area contributed by atoms with Gasteiger partial charge in [-0.15, -0.1) is 11.3 Å². The van der Waals surface area contributed by atoms with Gasteiger partial charge in [-0.2, -0.15) is 11.8 Å². The summed E-state index contributed by atoms with van der Waals surface area (Å²) in [6.07, 6.45) is 9.24. The fourth-order valence-electron chi connectivity index (χ4n) is 2.54. The Labute approximate surface area is 135 Å². The van der Waals surface area contributed by atoms with Crippen molar-refractivity contribution in [2.24, 2.45) is 0 Å². The van der Waals surface area contributed by atoms with Gasteiger partial charge in [0.25, 0.3) is 0 Å². The van der Waals surface area contributed by atoms with Crippen LogP contribution in [0.15, 0.2) is 14.3 Å². The number of hydrogen-bond acceptors (Lipinski definition) is 3. The normalized spacial score (nSPS) is 19.1. The van der Waals surface area contributed by atoms with Gasteiger partial charge in [0.1, 0.15) is 0 Å². The van der Waals surface area contributed by atoms with E-state index in [1.807, 2.05) is 11.3 Å². The van der Waals surface area contributed by atoms with E-state index in [-0.39, 0.29) is 0 Å². The molecule has 5 heteroatoms. The average Bonchev–Trinajstić information content (AvgIpc) is 2.70. The maximum atomic E-state index is 3.65. The standard InChI is InChI=1S/C13H19Br2NS2/c1-17-13(5-3-2-4-6-13)9-16-8-10-7-11(14)12(15)18-10/h7,16H,2-6,8-9H2,1H3. The van der Waals surface area contributed by atoms with Gasteiger partial charge in [0.2, 0.25) is 0 Å². The zero-order chi connectivity index (χ0) is 13.0. The highest BCUT2D eigenvalue weighted by atomic mass is 79.9. The second kappa shape index (κ2) is 7.11. The number of halogens is 2. The van der Waals surface area contributed by atoms with Gasteiger partial charge in [-0.25, -0.2) is 0 Å². The van der Waals surface area contributed by atoms with Gasteiger partial charge < -0.3 is 5.32 Å². The summed E-state index contributed by atoms with van der Waals surface area (Å²) < 4.78 is 2.85. The number of hydrogen-bond donors (Lipinski definition) is 1. The van der Waals surface area contributed by atoms with Crippen LogP contribution in [0.1, 0.15) is 37.0 Å². The Kier molecular flexibility index (Phi) is 6.07. The summed E-state index contributed by atoms with van der Waals surface area (Å²) in [5.74, 6) is 0. The summed E-state index contributed by atoms with van der Waals surface area (Å²) >= 11 is 11.0. The molecule has 1 aliphatic rings. The minimum atomic E-state index is 0.490. The first-order chi connectivity index (χ1) is 8.65. The maximum Gasteiger partial charge on any atom is 0.0843 e. The molecule has 2 rings (SSSR count). The van der Waals surface area contributed by atoms with Crippen LogP contribution in [0.4, 0.5) is 0 Å². The van der Waals surface area contributed by atoms with E-state index in [0.717, 1.165) is 13.1 Å². The van der Waals surface area contributed by atoms with Gasteiger partial charge in [-0.3, -0.25) is 0 Å². The van der Waals surface area contributed by atoms with Crippen LogP contribution >= 0.6 is 55.0 Å². The second-order valence-corrected chi connectivity index (χ2v) is 9.47. The third-order valence-corrected chi connectivity index (χ3v) is 8.32. The van der Waals surface area contributed by atoms with E-state index in [4.69, 9.17) is 0 Å². The Bertz CT molecular complexity index is 367. The number of thioether (sulfide) groups is 1. The fraction of sp³-hybridized carbons (Fsp3) is 0.692. The van der Waals surface area contributed by atoms with Crippen molar-refractivity contribution >= 4 is 55.0 Å². The Morgan fingerprint density at radius 1 is 1.33 bits per heavy atom. The highest BCUT2D eigenvalue weighted by molar-refractivity contribution is 9.13. The van der Waals surface area contributed by atoms with Gasteiger partial charge in [0.15, 0.2) is 0 Å². The first-order valence-corrected chi connectivity index (χ1v) is 9.97. The quantitative estimate of drug-likeness (QED) is 0.691. The van der Waals surface area contributed by atoms with Crippen molar-refractivity contribution in [2.75, 3.05) is 12.8 Å². The van der Waals surface area contributed by atoms with Gasteiger partial charge >= 0.3 is 0 Å². The predicted octanol–water partition coefficient (Wildman–Crippen LogP) is 5.43. The third kappa shape index (κ3) is 3.98. The van der Waals surface area contributed by atoms with E-state index >= 15 is 0 Å². The van der Waals surface area contributed by atoms with Crippen molar-refractivity contribution in [3.63, 3.8) is 0 Å². The average molecular weight is 413 g/mol. The zero-order valence-corrected chi connectivity index (χ0v) is 15.4. The van der Waals surface area contributed by atoms with Gasteiger partial charge in [-0.05, 0) is 57.0 Å². The van der Waals surface area contributed by atoms with Crippen molar-refractivity contribution in [3.8, 4) is 0 Å². The SMILES string of the molecule is CSC1(CNCc2cc(Br)c(Br)s2)CCCCC1. The number of rotatable bonds is 5. The van der Waals surface area contributed by atoms with E-state index in [9.17, 15) is 0 Å². The summed E-state index contributed by atoms with van der Waals surface area (Å²) in [7, 11) is 0. The molecule has 0 spiro atoms. The molecule has 1 aliphatic carbocycles. The lowest BCUT2D eigenvalue weighted by molar-refractivity contribution is 0.380. The van der Waals surface area contributed by atoms with E-state index in [1.54, 1.807) is 0 Å². The van der Waals surface area contributed by atoms with Crippen LogP contribution in [0.3, 0.4) is 0 Å². The first kappa shape index (κ1) is 15.4. The number of nitrogens with one attached hydrogen (secondary N) is 1. The molecule has 1 aromatic heterocycles. The number of thiophene rings is 1. The molecular weight excluding hydrogens is 394 g/mol. The molecule has 0 atom stereocenters. The first-order valence-electron chi connectivity index (χ1n) is 6.35. The molecule has 1 heterocycles. The Morgan fingerprint density at radius 3 is 2.61 bits per heavy atom. The molecule has 1 nitrogen and oxygen atoms in total. The summed E-state index contributed by atoms with van der Waals surface area (Å²) in [5.41, 5.74) is 0. The van der Waals surface area contributed by atoms with Crippen molar-refractivity contribution in [1.82, 2.24) is 5.32 Å². The van der Waals surface area contributed by atoms with Crippen LogP contribution in [0.2, 0.25) is 0 Å². The Balaban J connectivity index is 1.83. The molecule has 0 saturated heterocycles. The van der Waals surface area contributed by atoms with Crippen molar-refractivity contribution in [1.29, 1.82) is 0 Å². The Hall–Kier alpha value is 0.970. The molecule has 1 N–H and O–H groups in total. The van der Waals surface area contributed by atoms with Crippen LogP contribution in [-0.2, 0) is 6.54 Å². The highest BCUT2D eigenvalue weighted by Crippen LogP contribution is 2.38. The van der Waals surface area contributed by atoms with Crippen LogP contribution in [-0.4, -0.2) is 17.5 Å². The highest BCUT2D eigenvalue weighted by Gasteiger charge is 2.30. The van der Waals surface area contributed by atoms with Crippen LogP contribution in [0.25, 0.3) is 0 Å². The van der Waals surface area contributed by atoms with Crippen LogP contribution < -0.4 is 5.32 Å². The lowest BCUT2D eigenvalue weighted by Gasteiger charge is -2.36. The molecule has 0 unspecified atom stereocenters. The lowest BCUT2D eigenvalue weighted by atomic mass is 9.88. The molecule has 0 radical (unpaired) electrons. The van der Waals surface area contributed by atoms with Crippen molar-refractivity contribution in [3.05, 3.63) is 19.2 Å². The molecule has 1 fully saturated rings. The summed E-state index contributed by atoms with van der Waals surface area (Å²) in [5, 5.41) is 3.65. The summed E-state index contributed by atoms with van der Waals surface area (Å²) in [6.45, 7) is 2.12. The topological polar surface area (TPSA) is 12.0 Å². The second-order valence-electron chi connectivity index (χ2n) is 4.89. The fourth-order valence-corrected chi connectivity index (χ4v) is 5.63. The molecule has 0 aromatic carbocycles. The molecule has 0 aliphatic heterocycles. The van der Waals surface area contributed by atoms with E-state index in [1.165, 1.54) is 45.2 Å². The van der Waals surface area contributed by atoms with Crippen LogP contribution in [0, 0.1) is 0 Å². The van der Waals surface area contributed by atoms with Crippen molar-refractivity contribution < 1.29 is 0 Å².